The number of anilines is 1. The topological polar surface area (TPSA) is 41.1 Å². The Hall–Kier alpha value is -1.56. The van der Waals surface area contributed by atoms with Gasteiger partial charge in [-0.05, 0) is 19.4 Å². The van der Waals surface area contributed by atoms with Gasteiger partial charge in [0, 0.05) is 24.4 Å². The number of hydrogen-bond donors (Lipinski definition) is 2. The highest BCUT2D eigenvalue weighted by Crippen LogP contribution is 2.31. The van der Waals surface area contributed by atoms with E-state index in [0.29, 0.717) is 19.4 Å². The second-order valence-electron chi connectivity index (χ2n) is 4.77. The van der Waals surface area contributed by atoms with Crippen LogP contribution in [0.4, 0.5) is 18.9 Å². The second-order valence-corrected chi connectivity index (χ2v) is 4.77. The first-order valence-electron chi connectivity index (χ1n) is 6.15. The van der Waals surface area contributed by atoms with Crippen LogP contribution in [0.2, 0.25) is 0 Å². The van der Waals surface area contributed by atoms with E-state index < -0.39 is 22.9 Å². The summed E-state index contributed by atoms with van der Waals surface area (Å²) < 4.78 is 39.0. The normalized spacial score (nSPS) is 22.5. The van der Waals surface area contributed by atoms with Crippen molar-refractivity contribution in [2.45, 2.75) is 19.8 Å². The van der Waals surface area contributed by atoms with Crippen LogP contribution in [0.1, 0.15) is 19.8 Å². The standard InChI is InChI=1S/C13H15F3N2O/c1-2-13(3-4-17-7-13)12(19)18-8-5-9(14)11(16)10(15)6-8/h5-6,17H,2-4,7H2,1H3,(H,18,19). The van der Waals surface area contributed by atoms with Crippen molar-refractivity contribution in [3.05, 3.63) is 29.6 Å². The monoisotopic (exact) mass is 272 g/mol. The Morgan fingerprint density at radius 3 is 2.47 bits per heavy atom. The number of amides is 1. The zero-order chi connectivity index (χ0) is 14.0. The molecule has 1 heterocycles. The van der Waals surface area contributed by atoms with E-state index in [-0.39, 0.29) is 11.6 Å². The molecule has 6 heteroatoms. The quantitative estimate of drug-likeness (QED) is 0.830. The van der Waals surface area contributed by atoms with E-state index in [1.165, 1.54) is 0 Å². The van der Waals surface area contributed by atoms with E-state index in [1.54, 1.807) is 0 Å². The Bertz CT molecular complexity index is 476. The van der Waals surface area contributed by atoms with Crippen LogP contribution in [0, 0.1) is 22.9 Å². The fourth-order valence-corrected chi connectivity index (χ4v) is 2.29. The molecule has 1 saturated heterocycles. The van der Waals surface area contributed by atoms with Gasteiger partial charge in [0.15, 0.2) is 17.5 Å². The van der Waals surface area contributed by atoms with E-state index in [4.69, 9.17) is 0 Å². The molecule has 2 rings (SSSR count). The lowest BCUT2D eigenvalue weighted by atomic mass is 9.83. The Kier molecular flexibility index (Phi) is 3.80. The third-order valence-corrected chi connectivity index (χ3v) is 3.64. The molecular formula is C13H15F3N2O. The van der Waals surface area contributed by atoms with Gasteiger partial charge < -0.3 is 10.6 Å². The molecule has 104 valence electrons. The molecule has 0 aliphatic carbocycles. The number of rotatable bonds is 3. The summed E-state index contributed by atoms with van der Waals surface area (Å²) >= 11 is 0. The predicted octanol–water partition coefficient (Wildman–Crippen LogP) is 2.43. The second kappa shape index (κ2) is 5.21. The number of hydrogen-bond acceptors (Lipinski definition) is 2. The average molecular weight is 272 g/mol. The van der Waals surface area contributed by atoms with Gasteiger partial charge in [-0.3, -0.25) is 4.79 Å². The van der Waals surface area contributed by atoms with Gasteiger partial charge >= 0.3 is 0 Å². The maximum atomic E-state index is 13.1. The van der Waals surface area contributed by atoms with Gasteiger partial charge in [0.1, 0.15) is 0 Å². The molecule has 0 spiro atoms. The molecule has 1 atom stereocenters. The maximum Gasteiger partial charge on any atom is 0.231 e. The minimum atomic E-state index is -1.54. The summed E-state index contributed by atoms with van der Waals surface area (Å²) in [7, 11) is 0. The van der Waals surface area contributed by atoms with Gasteiger partial charge in [-0.2, -0.15) is 0 Å². The first-order valence-corrected chi connectivity index (χ1v) is 6.15. The molecule has 1 aromatic rings. The van der Waals surface area contributed by atoms with Crippen molar-refractivity contribution in [1.29, 1.82) is 0 Å². The fourth-order valence-electron chi connectivity index (χ4n) is 2.29. The minimum absolute atomic E-state index is 0.0684. The number of carbonyl (C=O) groups excluding carboxylic acids is 1. The van der Waals surface area contributed by atoms with E-state index in [1.807, 2.05) is 6.92 Å². The summed E-state index contributed by atoms with van der Waals surface area (Å²) in [4.78, 5) is 12.2. The molecule has 3 nitrogen and oxygen atoms in total. The minimum Gasteiger partial charge on any atom is -0.325 e. The fraction of sp³-hybridized carbons (Fsp3) is 0.462. The van der Waals surface area contributed by atoms with Crippen molar-refractivity contribution in [2.75, 3.05) is 18.4 Å². The van der Waals surface area contributed by atoms with Crippen LogP contribution in [0.25, 0.3) is 0 Å². The van der Waals surface area contributed by atoms with Crippen molar-refractivity contribution >= 4 is 11.6 Å². The summed E-state index contributed by atoms with van der Waals surface area (Å²) in [5, 5.41) is 5.55. The molecule has 1 fully saturated rings. The van der Waals surface area contributed by atoms with Crippen molar-refractivity contribution in [3.63, 3.8) is 0 Å². The lowest BCUT2D eigenvalue weighted by Gasteiger charge is -2.25. The van der Waals surface area contributed by atoms with Crippen LogP contribution in [-0.4, -0.2) is 19.0 Å². The third kappa shape index (κ3) is 2.58. The summed E-state index contributed by atoms with van der Waals surface area (Å²) in [6.45, 7) is 3.15. The Morgan fingerprint density at radius 2 is 2.00 bits per heavy atom. The molecule has 1 aliphatic rings. The Balaban J connectivity index is 2.19. The molecule has 0 bridgehead atoms. The van der Waals surface area contributed by atoms with E-state index in [9.17, 15) is 18.0 Å². The van der Waals surface area contributed by atoms with Gasteiger partial charge in [-0.1, -0.05) is 6.92 Å². The predicted molar refractivity (Wildman–Crippen MR) is 65.2 cm³/mol. The van der Waals surface area contributed by atoms with Gasteiger partial charge in [0.05, 0.1) is 5.41 Å². The SMILES string of the molecule is CCC1(C(=O)Nc2cc(F)c(F)c(F)c2)CCNC1. The largest absolute Gasteiger partial charge is 0.325 e. The highest BCUT2D eigenvalue weighted by atomic mass is 19.2. The van der Waals surface area contributed by atoms with Crippen LogP contribution < -0.4 is 10.6 Å². The van der Waals surface area contributed by atoms with Gasteiger partial charge in [0.25, 0.3) is 0 Å². The van der Waals surface area contributed by atoms with Crippen molar-refractivity contribution in [3.8, 4) is 0 Å². The molecular weight excluding hydrogens is 257 g/mol. The van der Waals surface area contributed by atoms with Crippen LogP contribution in [0.3, 0.4) is 0 Å². The maximum absolute atomic E-state index is 13.1. The number of carbonyl (C=O) groups is 1. The zero-order valence-electron chi connectivity index (χ0n) is 10.5. The highest BCUT2D eigenvalue weighted by Gasteiger charge is 2.39. The average Bonchev–Trinajstić information content (AvgIpc) is 2.85. The Labute approximate surface area is 109 Å². The molecule has 0 radical (unpaired) electrons. The van der Waals surface area contributed by atoms with Crippen LogP contribution in [0.15, 0.2) is 12.1 Å². The molecule has 1 aliphatic heterocycles. The number of halogens is 3. The van der Waals surface area contributed by atoms with Crippen molar-refractivity contribution in [1.82, 2.24) is 5.32 Å². The molecule has 19 heavy (non-hydrogen) atoms. The molecule has 0 aromatic heterocycles. The summed E-state index contributed by atoms with van der Waals surface area (Å²) in [6, 6.07) is 1.56. The smallest absolute Gasteiger partial charge is 0.231 e. The van der Waals surface area contributed by atoms with Gasteiger partial charge in [-0.15, -0.1) is 0 Å². The molecule has 1 aromatic carbocycles. The number of nitrogens with one attached hydrogen (secondary N) is 2. The van der Waals surface area contributed by atoms with Crippen LogP contribution in [0.5, 0.6) is 0 Å². The first-order chi connectivity index (χ1) is 8.98. The third-order valence-electron chi connectivity index (χ3n) is 3.64. The number of benzene rings is 1. The summed E-state index contributed by atoms with van der Waals surface area (Å²) in [6.07, 6.45) is 1.29. The molecule has 1 amide bonds. The molecule has 2 N–H and O–H groups in total. The molecule has 0 saturated carbocycles. The lowest BCUT2D eigenvalue weighted by Crippen LogP contribution is -2.37. The van der Waals surface area contributed by atoms with Crippen LogP contribution >= 0.6 is 0 Å². The zero-order valence-corrected chi connectivity index (χ0v) is 10.5. The lowest BCUT2D eigenvalue weighted by molar-refractivity contribution is -0.124. The van der Waals surface area contributed by atoms with Crippen LogP contribution in [-0.2, 0) is 4.79 Å². The van der Waals surface area contributed by atoms with Gasteiger partial charge in [0.2, 0.25) is 5.91 Å². The highest BCUT2D eigenvalue weighted by molar-refractivity contribution is 5.95. The molecule has 1 unspecified atom stereocenters. The summed E-state index contributed by atoms with van der Waals surface area (Å²) in [5.74, 6) is -4.47. The van der Waals surface area contributed by atoms with E-state index >= 15 is 0 Å². The van der Waals surface area contributed by atoms with Crippen molar-refractivity contribution < 1.29 is 18.0 Å². The summed E-state index contributed by atoms with van der Waals surface area (Å²) in [5.41, 5.74) is -0.637. The first kappa shape index (κ1) is 13.9. The van der Waals surface area contributed by atoms with Crippen molar-refractivity contribution in [2.24, 2.45) is 5.41 Å². The van der Waals surface area contributed by atoms with E-state index in [0.717, 1.165) is 18.7 Å². The Morgan fingerprint density at radius 1 is 1.37 bits per heavy atom. The van der Waals surface area contributed by atoms with Gasteiger partial charge in [-0.25, -0.2) is 13.2 Å². The van der Waals surface area contributed by atoms with E-state index in [2.05, 4.69) is 10.6 Å².